The molecule has 0 unspecified atom stereocenters. The van der Waals surface area contributed by atoms with Crippen molar-refractivity contribution in [3.05, 3.63) is 29.3 Å². The Balaban J connectivity index is 2.76. The molecule has 116 valence electrons. The molecule has 0 heterocycles. The van der Waals surface area contributed by atoms with Crippen molar-refractivity contribution in [3.63, 3.8) is 0 Å². The van der Waals surface area contributed by atoms with Crippen LogP contribution in [0.15, 0.2) is 18.2 Å². The number of rotatable bonds is 4. The summed E-state index contributed by atoms with van der Waals surface area (Å²) < 4.78 is 5.05. The Morgan fingerprint density at radius 3 is 2.43 bits per heavy atom. The number of amides is 1. The number of hydrogen-bond donors (Lipinski definition) is 3. The molecule has 0 aliphatic carbocycles. The van der Waals surface area contributed by atoms with Crippen molar-refractivity contribution < 1.29 is 24.5 Å². The fourth-order valence-electron chi connectivity index (χ4n) is 1.73. The van der Waals surface area contributed by atoms with Gasteiger partial charge in [0.05, 0.1) is 0 Å². The summed E-state index contributed by atoms with van der Waals surface area (Å²) in [4.78, 5) is 22.9. The largest absolute Gasteiger partial charge is 0.508 e. The molecule has 0 saturated carbocycles. The standard InChI is InChI=1S/C15H21NO5/c1-9-7-10(5-6-12(9)17)8-11(13(18)19)16-14(20)21-15(2,3)4/h5-7,11,17H,8H2,1-4H3,(H,16,20)(H,18,19)/t11-/m0/s1. The lowest BCUT2D eigenvalue weighted by Crippen LogP contribution is -2.44. The third-order valence-electron chi connectivity index (χ3n) is 2.69. The highest BCUT2D eigenvalue weighted by Crippen LogP contribution is 2.18. The van der Waals surface area contributed by atoms with Crippen LogP contribution in [-0.2, 0) is 16.0 Å². The van der Waals surface area contributed by atoms with Crippen LogP contribution in [0.1, 0.15) is 31.9 Å². The number of phenols is 1. The lowest BCUT2D eigenvalue weighted by Gasteiger charge is -2.22. The average molecular weight is 295 g/mol. The molecule has 1 aromatic rings. The Morgan fingerprint density at radius 1 is 1.33 bits per heavy atom. The van der Waals surface area contributed by atoms with E-state index >= 15 is 0 Å². The molecule has 0 saturated heterocycles. The number of ether oxygens (including phenoxy) is 1. The normalized spacial score (nSPS) is 12.6. The fourth-order valence-corrected chi connectivity index (χ4v) is 1.73. The van der Waals surface area contributed by atoms with Gasteiger partial charge in [-0.05, 0) is 44.9 Å². The number of carbonyl (C=O) groups excluding carboxylic acids is 1. The van der Waals surface area contributed by atoms with E-state index in [1.54, 1.807) is 39.8 Å². The second-order valence-electron chi connectivity index (χ2n) is 5.86. The van der Waals surface area contributed by atoms with Crippen LogP contribution in [0, 0.1) is 6.92 Å². The number of nitrogens with one attached hydrogen (secondary N) is 1. The molecule has 0 radical (unpaired) electrons. The van der Waals surface area contributed by atoms with Gasteiger partial charge >= 0.3 is 12.1 Å². The van der Waals surface area contributed by atoms with E-state index in [1.165, 1.54) is 6.07 Å². The molecule has 0 fully saturated rings. The smallest absolute Gasteiger partial charge is 0.408 e. The zero-order valence-corrected chi connectivity index (χ0v) is 12.6. The van der Waals surface area contributed by atoms with Gasteiger partial charge in [0.25, 0.3) is 0 Å². The minimum absolute atomic E-state index is 0.107. The second kappa shape index (κ2) is 6.47. The first-order valence-corrected chi connectivity index (χ1v) is 6.59. The number of benzene rings is 1. The Kier molecular flexibility index (Phi) is 5.18. The quantitative estimate of drug-likeness (QED) is 0.791. The summed E-state index contributed by atoms with van der Waals surface area (Å²) in [6.07, 6.45) is -0.666. The Morgan fingerprint density at radius 2 is 1.95 bits per heavy atom. The average Bonchev–Trinajstić information content (AvgIpc) is 2.30. The van der Waals surface area contributed by atoms with Crippen molar-refractivity contribution in [1.29, 1.82) is 0 Å². The maximum atomic E-state index is 11.6. The van der Waals surface area contributed by atoms with Crippen LogP contribution in [0.2, 0.25) is 0 Å². The van der Waals surface area contributed by atoms with E-state index in [4.69, 9.17) is 4.74 Å². The van der Waals surface area contributed by atoms with Crippen molar-refractivity contribution in [1.82, 2.24) is 5.32 Å². The number of phenolic OH excluding ortho intramolecular Hbond substituents is 1. The van der Waals surface area contributed by atoms with Gasteiger partial charge in [-0.25, -0.2) is 9.59 Å². The molecule has 6 heteroatoms. The lowest BCUT2D eigenvalue weighted by molar-refractivity contribution is -0.139. The van der Waals surface area contributed by atoms with Crippen LogP contribution >= 0.6 is 0 Å². The highest BCUT2D eigenvalue weighted by molar-refractivity contribution is 5.80. The number of carboxylic acids is 1. The predicted molar refractivity (Wildman–Crippen MR) is 77.3 cm³/mol. The number of alkyl carbamates (subject to hydrolysis) is 1. The summed E-state index contributed by atoms with van der Waals surface area (Å²) in [7, 11) is 0. The molecule has 0 aliphatic heterocycles. The van der Waals surface area contributed by atoms with E-state index < -0.39 is 23.7 Å². The summed E-state index contributed by atoms with van der Waals surface area (Å²) in [5, 5.41) is 21.0. The summed E-state index contributed by atoms with van der Waals surface area (Å²) in [5.74, 6) is -1.00. The first-order chi connectivity index (χ1) is 9.58. The van der Waals surface area contributed by atoms with E-state index in [2.05, 4.69) is 5.32 Å². The molecule has 1 amide bonds. The molecule has 6 nitrogen and oxygen atoms in total. The van der Waals surface area contributed by atoms with E-state index in [9.17, 15) is 19.8 Å². The SMILES string of the molecule is Cc1cc(C[C@H](NC(=O)OC(C)(C)C)C(=O)O)ccc1O. The first-order valence-electron chi connectivity index (χ1n) is 6.59. The van der Waals surface area contributed by atoms with Crippen molar-refractivity contribution in [2.45, 2.75) is 45.8 Å². The van der Waals surface area contributed by atoms with Gasteiger partial charge < -0.3 is 20.3 Å². The molecular weight excluding hydrogens is 274 g/mol. The summed E-state index contributed by atoms with van der Waals surface area (Å²) >= 11 is 0. The number of carbonyl (C=O) groups is 2. The molecule has 0 bridgehead atoms. The van der Waals surface area contributed by atoms with Gasteiger partial charge in [0.1, 0.15) is 17.4 Å². The van der Waals surface area contributed by atoms with Crippen LogP contribution in [-0.4, -0.2) is 33.9 Å². The van der Waals surface area contributed by atoms with Crippen molar-refractivity contribution in [3.8, 4) is 5.75 Å². The van der Waals surface area contributed by atoms with Gasteiger partial charge in [-0.15, -0.1) is 0 Å². The van der Waals surface area contributed by atoms with Gasteiger partial charge in [0.15, 0.2) is 0 Å². The van der Waals surface area contributed by atoms with Crippen LogP contribution in [0.5, 0.6) is 5.75 Å². The third-order valence-corrected chi connectivity index (χ3v) is 2.69. The molecule has 0 spiro atoms. The molecule has 1 atom stereocenters. The fraction of sp³-hybridized carbons (Fsp3) is 0.467. The van der Waals surface area contributed by atoms with E-state index in [0.29, 0.717) is 11.1 Å². The first kappa shape index (κ1) is 16.8. The topological polar surface area (TPSA) is 95.9 Å². The number of carboxylic acid groups (broad SMARTS) is 1. The Labute approximate surface area is 123 Å². The van der Waals surface area contributed by atoms with Crippen LogP contribution in [0.25, 0.3) is 0 Å². The van der Waals surface area contributed by atoms with E-state index in [-0.39, 0.29) is 12.2 Å². The molecule has 1 aromatic carbocycles. The lowest BCUT2D eigenvalue weighted by atomic mass is 10.0. The zero-order chi connectivity index (χ0) is 16.2. The van der Waals surface area contributed by atoms with Crippen molar-refractivity contribution >= 4 is 12.1 Å². The Hall–Kier alpha value is -2.24. The van der Waals surface area contributed by atoms with Gasteiger partial charge in [0, 0.05) is 6.42 Å². The highest BCUT2D eigenvalue weighted by atomic mass is 16.6. The predicted octanol–water partition coefficient (Wildman–Crippen LogP) is 2.22. The van der Waals surface area contributed by atoms with Crippen LogP contribution in [0.3, 0.4) is 0 Å². The molecule has 21 heavy (non-hydrogen) atoms. The van der Waals surface area contributed by atoms with Crippen LogP contribution < -0.4 is 5.32 Å². The third kappa shape index (κ3) is 5.72. The summed E-state index contributed by atoms with van der Waals surface area (Å²) in [5.41, 5.74) is 0.657. The summed E-state index contributed by atoms with van der Waals surface area (Å²) in [6, 6.07) is 3.71. The Bertz CT molecular complexity index is 533. The monoisotopic (exact) mass is 295 g/mol. The maximum absolute atomic E-state index is 11.6. The number of aliphatic carboxylic acids is 1. The van der Waals surface area contributed by atoms with Gasteiger partial charge in [-0.2, -0.15) is 0 Å². The number of hydrogen-bond acceptors (Lipinski definition) is 4. The minimum Gasteiger partial charge on any atom is -0.508 e. The van der Waals surface area contributed by atoms with Gasteiger partial charge in [-0.3, -0.25) is 0 Å². The highest BCUT2D eigenvalue weighted by Gasteiger charge is 2.24. The minimum atomic E-state index is -1.15. The number of aryl methyl sites for hydroxylation is 1. The summed E-state index contributed by atoms with van der Waals surface area (Å²) in [6.45, 7) is 6.82. The molecular formula is C15H21NO5. The van der Waals surface area contributed by atoms with E-state index in [0.717, 1.165) is 0 Å². The molecule has 0 aromatic heterocycles. The van der Waals surface area contributed by atoms with Crippen molar-refractivity contribution in [2.75, 3.05) is 0 Å². The van der Waals surface area contributed by atoms with Gasteiger partial charge in [-0.1, -0.05) is 12.1 Å². The van der Waals surface area contributed by atoms with Gasteiger partial charge in [0.2, 0.25) is 0 Å². The van der Waals surface area contributed by atoms with E-state index in [1.807, 2.05) is 0 Å². The zero-order valence-electron chi connectivity index (χ0n) is 12.6. The molecule has 1 rings (SSSR count). The van der Waals surface area contributed by atoms with Crippen LogP contribution in [0.4, 0.5) is 4.79 Å². The molecule has 0 aliphatic rings. The number of aromatic hydroxyl groups is 1. The van der Waals surface area contributed by atoms with Crippen molar-refractivity contribution in [2.24, 2.45) is 0 Å². The molecule has 3 N–H and O–H groups in total. The maximum Gasteiger partial charge on any atom is 0.408 e. The second-order valence-corrected chi connectivity index (χ2v) is 5.86.